The van der Waals surface area contributed by atoms with Crippen LogP contribution in [0.4, 0.5) is 0 Å². The Morgan fingerprint density at radius 2 is 0.828 bits per heavy atom. The molecule has 2 heterocycles. The van der Waals surface area contributed by atoms with Gasteiger partial charge in [0.15, 0.2) is 5.82 Å². The molecule has 0 saturated heterocycles. The molecule has 1 aliphatic rings. The Bertz CT molecular complexity index is 3520. The van der Waals surface area contributed by atoms with Crippen LogP contribution in [0.1, 0.15) is 25.0 Å². The second-order valence-corrected chi connectivity index (χ2v) is 17.4. The number of hydrogen-bond acceptors (Lipinski definition) is 2. The van der Waals surface area contributed by atoms with Crippen LogP contribution < -0.4 is 0 Å². The van der Waals surface area contributed by atoms with Gasteiger partial charge in [-0.2, -0.15) is 0 Å². The van der Waals surface area contributed by atoms with Crippen molar-refractivity contribution >= 4 is 21.8 Å². The van der Waals surface area contributed by atoms with Gasteiger partial charge in [-0.15, -0.1) is 0 Å². The molecule has 0 amide bonds. The van der Waals surface area contributed by atoms with Crippen molar-refractivity contribution < 1.29 is 0 Å². The van der Waals surface area contributed by atoms with Crippen molar-refractivity contribution in [3.8, 4) is 84.1 Å². The Hall–Kier alpha value is -8.14. The molecular formula is C61H43N3. The number of aromatic nitrogens is 3. The average molecular weight is 818 g/mol. The quantitative estimate of drug-likeness (QED) is 0.160. The number of nitrogens with zero attached hydrogens (tertiary/aromatic N) is 3. The van der Waals surface area contributed by atoms with Crippen molar-refractivity contribution in [2.75, 3.05) is 0 Å². The molecule has 0 atom stereocenters. The molecule has 11 aromatic rings. The van der Waals surface area contributed by atoms with E-state index in [4.69, 9.17) is 9.97 Å². The maximum atomic E-state index is 5.16. The SMILES string of the molecule is CC1(C)c2ccccc2-c2ccc(-c3cccc(-c4cccc(-c5ccc6c7ccccc7n(-c7cccc(-c8nc(-c9ccccc9)cc(-c9ccccc9)n8)c7)c6c5)c4)c3)cc21. The Morgan fingerprint density at radius 1 is 0.328 bits per heavy atom. The van der Waals surface area contributed by atoms with Crippen molar-refractivity contribution in [2.24, 2.45) is 0 Å². The van der Waals surface area contributed by atoms with Gasteiger partial charge in [-0.3, -0.25) is 0 Å². The summed E-state index contributed by atoms with van der Waals surface area (Å²) in [6.07, 6.45) is 0. The Morgan fingerprint density at radius 3 is 1.52 bits per heavy atom. The van der Waals surface area contributed by atoms with Crippen LogP contribution in [0.5, 0.6) is 0 Å². The maximum absolute atomic E-state index is 5.16. The Balaban J connectivity index is 0.928. The molecule has 2 aromatic heterocycles. The van der Waals surface area contributed by atoms with Gasteiger partial charge in [0.2, 0.25) is 0 Å². The van der Waals surface area contributed by atoms with E-state index in [2.05, 4.69) is 231 Å². The molecule has 0 N–H and O–H groups in total. The lowest BCUT2D eigenvalue weighted by Gasteiger charge is -2.22. The minimum absolute atomic E-state index is 0.0427. The van der Waals surface area contributed by atoms with Gasteiger partial charge in [0, 0.05) is 38.6 Å². The largest absolute Gasteiger partial charge is 0.309 e. The standard InChI is InChI=1S/C61H43N3/c1-61(2)54-28-11-9-26-50(54)51-32-30-46(37-55(51)61)44-22-13-20-42(34-44)43-21-14-23-45(35-43)47-31-33-53-52-27-10-12-29-58(52)64(59(53)38-47)49-25-15-24-48(36-49)60-62-56(40-16-5-3-6-17-40)39-57(63-60)41-18-7-4-8-19-41/h3-39H,1-2H3. The third-order valence-corrected chi connectivity index (χ3v) is 13.2. The van der Waals surface area contributed by atoms with Crippen molar-refractivity contribution in [3.05, 3.63) is 236 Å². The average Bonchev–Trinajstić information content (AvgIpc) is 3.82. The topological polar surface area (TPSA) is 30.7 Å². The lowest BCUT2D eigenvalue weighted by Crippen LogP contribution is -2.14. The highest BCUT2D eigenvalue weighted by Crippen LogP contribution is 2.49. The predicted octanol–water partition coefficient (Wildman–Crippen LogP) is 15.9. The molecule has 3 nitrogen and oxygen atoms in total. The summed E-state index contributed by atoms with van der Waals surface area (Å²) in [6, 6.07) is 80.9. The Kier molecular flexibility index (Phi) is 8.84. The fraction of sp³-hybridized carbons (Fsp3) is 0.0492. The summed E-state index contributed by atoms with van der Waals surface area (Å²) in [6.45, 7) is 4.69. The normalized spacial score (nSPS) is 12.7. The highest BCUT2D eigenvalue weighted by atomic mass is 15.0. The molecule has 64 heavy (non-hydrogen) atoms. The first-order valence-electron chi connectivity index (χ1n) is 22.1. The van der Waals surface area contributed by atoms with Gasteiger partial charge in [0.1, 0.15) is 0 Å². The van der Waals surface area contributed by atoms with Crippen molar-refractivity contribution in [3.63, 3.8) is 0 Å². The molecule has 9 aromatic carbocycles. The van der Waals surface area contributed by atoms with Crippen LogP contribution in [0.2, 0.25) is 0 Å². The molecule has 0 aliphatic heterocycles. The number of rotatable bonds is 7. The van der Waals surface area contributed by atoms with Gasteiger partial charge >= 0.3 is 0 Å². The van der Waals surface area contributed by atoms with Crippen LogP contribution in [0.25, 0.3) is 106 Å². The second-order valence-electron chi connectivity index (χ2n) is 17.4. The minimum atomic E-state index is -0.0427. The zero-order chi connectivity index (χ0) is 42.8. The maximum Gasteiger partial charge on any atom is 0.160 e. The lowest BCUT2D eigenvalue weighted by molar-refractivity contribution is 0.660. The van der Waals surface area contributed by atoms with Gasteiger partial charge in [-0.05, 0) is 104 Å². The minimum Gasteiger partial charge on any atom is -0.309 e. The molecule has 0 bridgehead atoms. The third kappa shape index (κ3) is 6.36. The molecule has 1 aliphatic carbocycles. The summed E-state index contributed by atoms with van der Waals surface area (Å²) in [5.41, 5.74) is 20.8. The van der Waals surface area contributed by atoms with E-state index in [-0.39, 0.29) is 5.41 Å². The zero-order valence-corrected chi connectivity index (χ0v) is 35.7. The van der Waals surface area contributed by atoms with Crippen LogP contribution in [0.15, 0.2) is 224 Å². The number of hydrogen-bond donors (Lipinski definition) is 0. The van der Waals surface area contributed by atoms with E-state index in [1.807, 2.05) is 12.1 Å². The summed E-state index contributed by atoms with van der Waals surface area (Å²) < 4.78 is 2.39. The van der Waals surface area contributed by atoms with Crippen molar-refractivity contribution in [2.45, 2.75) is 19.3 Å². The summed E-state index contributed by atoms with van der Waals surface area (Å²) in [7, 11) is 0. The van der Waals surface area contributed by atoms with Gasteiger partial charge < -0.3 is 4.57 Å². The molecule has 0 unspecified atom stereocenters. The third-order valence-electron chi connectivity index (χ3n) is 13.2. The van der Waals surface area contributed by atoms with E-state index >= 15 is 0 Å². The fourth-order valence-electron chi connectivity index (χ4n) is 9.94. The van der Waals surface area contributed by atoms with Crippen LogP contribution in [0.3, 0.4) is 0 Å². The van der Waals surface area contributed by atoms with E-state index in [9.17, 15) is 0 Å². The number of para-hydroxylation sites is 1. The molecule has 0 spiro atoms. The molecule has 302 valence electrons. The first-order chi connectivity index (χ1) is 31.5. The van der Waals surface area contributed by atoms with E-state index in [1.54, 1.807) is 0 Å². The number of benzene rings is 9. The monoisotopic (exact) mass is 817 g/mol. The first kappa shape index (κ1) is 37.6. The molecule has 0 saturated carbocycles. The van der Waals surface area contributed by atoms with E-state index < -0.39 is 0 Å². The summed E-state index contributed by atoms with van der Waals surface area (Å²) in [5.74, 6) is 0.690. The van der Waals surface area contributed by atoms with Gasteiger partial charge in [-0.25, -0.2) is 9.97 Å². The van der Waals surface area contributed by atoms with Gasteiger partial charge in [-0.1, -0.05) is 190 Å². The molecule has 3 heteroatoms. The van der Waals surface area contributed by atoms with Crippen LogP contribution in [-0.4, -0.2) is 14.5 Å². The van der Waals surface area contributed by atoms with E-state index in [1.165, 1.54) is 60.8 Å². The fourth-order valence-corrected chi connectivity index (χ4v) is 9.94. The molecule has 0 fully saturated rings. The first-order valence-corrected chi connectivity index (χ1v) is 22.1. The molecule has 12 rings (SSSR count). The van der Waals surface area contributed by atoms with Crippen molar-refractivity contribution in [1.82, 2.24) is 14.5 Å². The summed E-state index contributed by atoms with van der Waals surface area (Å²) in [5, 5.41) is 2.43. The zero-order valence-electron chi connectivity index (χ0n) is 35.7. The number of fused-ring (bicyclic) bond motifs is 6. The van der Waals surface area contributed by atoms with E-state index in [0.717, 1.165) is 50.4 Å². The predicted molar refractivity (Wildman–Crippen MR) is 267 cm³/mol. The van der Waals surface area contributed by atoms with E-state index in [0.29, 0.717) is 5.82 Å². The van der Waals surface area contributed by atoms with Crippen LogP contribution in [-0.2, 0) is 5.41 Å². The molecular weight excluding hydrogens is 775 g/mol. The van der Waals surface area contributed by atoms with Gasteiger partial charge in [0.05, 0.1) is 22.4 Å². The van der Waals surface area contributed by atoms with Gasteiger partial charge in [0.25, 0.3) is 0 Å². The summed E-state index contributed by atoms with van der Waals surface area (Å²) >= 11 is 0. The highest BCUT2D eigenvalue weighted by molar-refractivity contribution is 6.10. The Labute approximate surface area is 373 Å². The lowest BCUT2D eigenvalue weighted by atomic mass is 9.81. The van der Waals surface area contributed by atoms with Crippen molar-refractivity contribution in [1.29, 1.82) is 0 Å². The smallest absolute Gasteiger partial charge is 0.160 e. The second kappa shape index (κ2) is 15.0. The van der Waals surface area contributed by atoms with Crippen LogP contribution >= 0.6 is 0 Å². The molecule has 0 radical (unpaired) electrons. The highest BCUT2D eigenvalue weighted by Gasteiger charge is 2.35. The summed E-state index contributed by atoms with van der Waals surface area (Å²) in [4.78, 5) is 10.3. The van der Waals surface area contributed by atoms with Crippen LogP contribution in [0, 0.1) is 0 Å².